The number of para-hydroxylation sites is 1. The molecular formula is C15H20N4O3. The number of hydrogen-bond donors (Lipinski definition) is 2. The minimum absolute atomic E-state index is 0.0259. The van der Waals surface area contributed by atoms with E-state index >= 15 is 0 Å². The molecule has 0 amide bonds. The molecule has 1 aromatic heterocycles. The van der Waals surface area contributed by atoms with Gasteiger partial charge >= 0.3 is 5.97 Å². The van der Waals surface area contributed by atoms with E-state index < -0.39 is 0 Å². The van der Waals surface area contributed by atoms with Gasteiger partial charge in [-0.2, -0.15) is 0 Å². The van der Waals surface area contributed by atoms with E-state index in [0.717, 1.165) is 24.4 Å². The van der Waals surface area contributed by atoms with Gasteiger partial charge in [0.1, 0.15) is 5.52 Å². The smallest absolute Gasteiger partial charge is 0.340 e. The van der Waals surface area contributed by atoms with Gasteiger partial charge in [-0.3, -0.25) is 0 Å². The van der Waals surface area contributed by atoms with E-state index in [1.165, 1.54) is 7.11 Å². The normalized spacial score (nSPS) is 22.0. The molecule has 1 aliphatic rings. The third kappa shape index (κ3) is 2.53. The molecular weight excluding hydrogens is 284 g/mol. The zero-order chi connectivity index (χ0) is 15.7. The van der Waals surface area contributed by atoms with Gasteiger partial charge in [-0.25, -0.2) is 9.78 Å². The summed E-state index contributed by atoms with van der Waals surface area (Å²) in [4.78, 5) is 21.8. The molecule has 2 atom stereocenters. The van der Waals surface area contributed by atoms with Crippen LogP contribution in [0.15, 0.2) is 18.2 Å². The summed E-state index contributed by atoms with van der Waals surface area (Å²) in [6.45, 7) is 1.47. The number of carbonyl (C=O) groups excluding carboxylic acids is 1. The van der Waals surface area contributed by atoms with Crippen LogP contribution in [-0.2, 0) is 9.47 Å². The highest BCUT2D eigenvalue weighted by molar-refractivity contribution is 6.02. The Morgan fingerprint density at radius 1 is 1.45 bits per heavy atom. The SMILES string of the molecule is COC(=O)c1cccc2[nH]c(N3CCC(N)C(OC)C3)nc12. The van der Waals surface area contributed by atoms with E-state index in [2.05, 4.69) is 14.9 Å². The lowest BCUT2D eigenvalue weighted by molar-refractivity contribution is 0.0602. The van der Waals surface area contributed by atoms with Crippen molar-refractivity contribution in [2.75, 3.05) is 32.2 Å². The Kier molecular flexibility index (Phi) is 4.00. The van der Waals surface area contributed by atoms with E-state index in [0.29, 0.717) is 17.6 Å². The molecule has 22 heavy (non-hydrogen) atoms. The number of H-pyrrole nitrogens is 1. The lowest BCUT2D eigenvalue weighted by atomic mass is 10.0. The summed E-state index contributed by atoms with van der Waals surface area (Å²) >= 11 is 0. The Bertz CT molecular complexity index is 684. The third-order valence-electron chi connectivity index (χ3n) is 4.12. The van der Waals surface area contributed by atoms with E-state index in [9.17, 15) is 4.79 Å². The molecule has 1 aromatic carbocycles. The van der Waals surface area contributed by atoms with Crippen LogP contribution in [0.25, 0.3) is 11.0 Å². The Balaban J connectivity index is 1.94. The largest absolute Gasteiger partial charge is 0.465 e. The van der Waals surface area contributed by atoms with E-state index in [1.54, 1.807) is 19.2 Å². The van der Waals surface area contributed by atoms with Gasteiger partial charge in [0.25, 0.3) is 0 Å². The molecule has 3 N–H and O–H groups in total. The third-order valence-corrected chi connectivity index (χ3v) is 4.12. The molecule has 7 nitrogen and oxygen atoms in total. The summed E-state index contributed by atoms with van der Waals surface area (Å²) < 4.78 is 10.2. The number of nitrogens with zero attached hydrogens (tertiary/aromatic N) is 2. The molecule has 1 fully saturated rings. The Morgan fingerprint density at radius 2 is 2.27 bits per heavy atom. The number of ether oxygens (including phenoxy) is 2. The summed E-state index contributed by atoms with van der Waals surface area (Å²) in [5.74, 6) is 0.333. The van der Waals surface area contributed by atoms with Crippen LogP contribution in [0, 0.1) is 0 Å². The summed E-state index contributed by atoms with van der Waals surface area (Å²) in [7, 11) is 3.03. The number of aromatic nitrogens is 2. The average Bonchev–Trinajstić information content (AvgIpc) is 2.98. The quantitative estimate of drug-likeness (QED) is 0.818. The molecule has 1 aliphatic heterocycles. The van der Waals surface area contributed by atoms with Crippen LogP contribution in [0.1, 0.15) is 16.8 Å². The number of methoxy groups -OCH3 is 2. The van der Waals surface area contributed by atoms with Gasteiger partial charge < -0.3 is 25.1 Å². The van der Waals surface area contributed by atoms with Gasteiger partial charge in [-0.05, 0) is 18.6 Å². The second kappa shape index (κ2) is 5.94. The fraction of sp³-hybridized carbons (Fsp3) is 0.467. The first kappa shape index (κ1) is 14.8. The average molecular weight is 304 g/mol. The number of rotatable bonds is 3. The predicted octanol–water partition coefficient (Wildman–Crippen LogP) is 0.902. The lowest BCUT2D eigenvalue weighted by Gasteiger charge is -2.35. The molecule has 2 heterocycles. The summed E-state index contributed by atoms with van der Waals surface area (Å²) in [6, 6.07) is 5.45. The molecule has 2 unspecified atom stereocenters. The van der Waals surface area contributed by atoms with Crippen molar-refractivity contribution in [3.05, 3.63) is 23.8 Å². The van der Waals surface area contributed by atoms with Crippen molar-refractivity contribution in [3.8, 4) is 0 Å². The van der Waals surface area contributed by atoms with Gasteiger partial charge in [0.15, 0.2) is 0 Å². The fourth-order valence-electron chi connectivity index (χ4n) is 2.82. The highest BCUT2D eigenvalue weighted by atomic mass is 16.5. The molecule has 0 radical (unpaired) electrons. The molecule has 3 rings (SSSR count). The van der Waals surface area contributed by atoms with Crippen molar-refractivity contribution in [2.45, 2.75) is 18.6 Å². The number of nitrogens with one attached hydrogen (secondary N) is 1. The van der Waals surface area contributed by atoms with Crippen LogP contribution >= 0.6 is 0 Å². The van der Waals surface area contributed by atoms with Gasteiger partial charge in [0.05, 0.1) is 24.3 Å². The Labute approximate surface area is 128 Å². The van der Waals surface area contributed by atoms with Crippen LogP contribution < -0.4 is 10.6 Å². The standard InChI is InChI=1S/C15H20N4O3/c1-21-12-8-19(7-6-10(12)16)15-17-11-5-3-4-9(13(11)18-15)14(20)22-2/h3-5,10,12H,6-8,16H2,1-2H3,(H,17,18). The molecule has 0 spiro atoms. The van der Waals surface area contributed by atoms with Crippen molar-refractivity contribution in [1.29, 1.82) is 0 Å². The van der Waals surface area contributed by atoms with E-state index in [1.807, 2.05) is 6.07 Å². The minimum atomic E-state index is -0.390. The number of fused-ring (bicyclic) bond motifs is 1. The van der Waals surface area contributed by atoms with Crippen LogP contribution in [-0.4, -0.2) is 55.4 Å². The number of nitrogens with two attached hydrogens (primary N) is 1. The Hall–Kier alpha value is -2.12. The van der Waals surface area contributed by atoms with Gasteiger partial charge in [-0.15, -0.1) is 0 Å². The van der Waals surface area contributed by atoms with Crippen molar-refractivity contribution in [1.82, 2.24) is 9.97 Å². The highest BCUT2D eigenvalue weighted by Crippen LogP contribution is 2.24. The molecule has 118 valence electrons. The first-order valence-electron chi connectivity index (χ1n) is 7.24. The lowest BCUT2D eigenvalue weighted by Crippen LogP contribution is -2.51. The van der Waals surface area contributed by atoms with E-state index in [-0.39, 0.29) is 18.1 Å². The number of hydrogen-bond acceptors (Lipinski definition) is 6. The number of benzene rings is 1. The number of piperidine rings is 1. The number of anilines is 1. The van der Waals surface area contributed by atoms with Gasteiger partial charge in [-0.1, -0.05) is 6.07 Å². The topological polar surface area (TPSA) is 93.5 Å². The number of aromatic amines is 1. The van der Waals surface area contributed by atoms with Crippen molar-refractivity contribution in [2.24, 2.45) is 5.73 Å². The van der Waals surface area contributed by atoms with Crippen LogP contribution in [0.3, 0.4) is 0 Å². The summed E-state index contributed by atoms with van der Waals surface area (Å²) in [5.41, 5.74) is 7.93. The predicted molar refractivity (Wildman–Crippen MR) is 83.0 cm³/mol. The second-order valence-corrected chi connectivity index (χ2v) is 5.43. The maximum absolute atomic E-state index is 11.8. The molecule has 2 aromatic rings. The second-order valence-electron chi connectivity index (χ2n) is 5.43. The fourth-order valence-corrected chi connectivity index (χ4v) is 2.82. The van der Waals surface area contributed by atoms with Gasteiger partial charge in [0, 0.05) is 26.2 Å². The molecule has 7 heteroatoms. The summed E-state index contributed by atoms with van der Waals surface area (Å²) in [5, 5.41) is 0. The summed E-state index contributed by atoms with van der Waals surface area (Å²) in [6.07, 6.45) is 0.807. The number of imidazole rings is 1. The highest BCUT2D eigenvalue weighted by Gasteiger charge is 2.28. The molecule has 0 aliphatic carbocycles. The molecule has 0 bridgehead atoms. The maximum atomic E-state index is 11.8. The van der Waals surface area contributed by atoms with Crippen LogP contribution in [0.4, 0.5) is 5.95 Å². The van der Waals surface area contributed by atoms with Gasteiger partial charge in [0.2, 0.25) is 5.95 Å². The molecule has 1 saturated heterocycles. The van der Waals surface area contributed by atoms with Crippen molar-refractivity contribution in [3.63, 3.8) is 0 Å². The monoisotopic (exact) mass is 304 g/mol. The number of esters is 1. The van der Waals surface area contributed by atoms with Crippen LogP contribution in [0.2, 0.25) is 0 Å². The zero-order valence-corrected chi connectivity index (χ0v) is 12.7. The maximum Gasteiger partial charge on any atom is 0.340 e. The first-order valence-corrected chi connectivity index (χ1v) is 7.24. The van der Waals surface area contributed by atoms with Crippen molar-refractivity contribution < 1.29 is 14.3 Å². The number of carbonyl (C=O) groups is 1. The first-order chi connectivity index (χ1) is 10.6. The van der Waals surface area contributed by atoms with Crippen molar-refractivity contribution >= 4 is 23.0 Å². The Morgan fingerprint density at radius 3 is 3.00 bits per heavy atom. The van der Waals surface area contributed by atoms with Crippen LogP contribution in [0.5, 0.6) is 0 Å². The zero-order valence-electron chi connectivity index (χ0n) is 12.7. The minimum Gasteiger partial charge on any atom is -0.465 e. The molecule has 0 saturated carbocycles. The van der Waals surface area contributed by atoms with E-state index in [4.69, 9.17) is 15.2 Å².